The Balaban J connectivity index is 1.68. The average molecular weight is 260 g/mol. The molecule has 0 fully saturated rings. The van der Waals surface area contributed by atoms with E-state index in [-0.39, 0.29) is 0 Å². The predicted molar refractivity (Wildman–Crippen MR) is 83.4 cm³/mol. The van der Waals surface area contributed by atoms with Gasteiger partial charge in [0.25, 0.3) is 0 Å². The lowest BCUT2D eigenvalue weighted by Gasteiger charge is -2.07. The third-order valence-electron chi connectivity index (χ3n) is 3.24. The lowest BCUT2D eigenvalue weighted by Crippen LogP contribution is -1.98. The molecule has 0 saturated carbocycles. The van der Waals surface area contributed by atoms with Gasteiger partial charge < -0.3 is 5.32 Å². The Morgan fingerprint density at radius 3 is 2.05 bits per heavy atom. The minimum Gasteiger partial charge on any atom is -0.381 e. The van der Waals surface area contributed by atoms with Crippen molar-refractivity contribution >= 4 is 5.69 Å². The van der Waals surface area contributed by atoms with Crippen LogP contribution < -0.4 is 5.32 Å². The second-order valence-corrected chi connectivity index (χ2v) is 4.65. The predicted octanol–water partition coefficient (Wildman–Crippen LogP) is 4.36. The third-order valence-corrected chi connectivity index (χ3v) is 3.24. The Kier molecular flexibility index (Phi) is 3.74. The van der Waals surface area contributed by atoms with E-state index in [0.29, 0.717) is 0 Å². The van der Waals surface area contributed by atoms with E-state index in [0.717, 1.165) is 12.2 Å². The molecule has 1 aromatic heterocycles. The Morgan fingerprint density at radius 1 is 0.700 bits per heavy atom. The summed E-state index contributed by atoms with van der Waals surface area (Å²) in [7, 11) is 0. The Labute approximate surface area is 119 Å². The number of anilines is 1. The fourth-order valence-corrected chi connectivity index (χ4v) is 2.12. The summed E-state index contributed by atoms with van der Waals surface area (Å²) in [6.45, 7) is 0.813. The van der Waals surface area contributed by atoms with Crippen LogP contribution in [0.5, 0.6) is 0 Å². The van der Waals surface area contributed by atoms with Gasteiger partial charge >= 0.3 is 0 Å². The number of aromatic nitrogens is 1. The molecular weight excluding hydrogens is 244 g/mol. The molecule has 0 spiro atoms. The number of nitrogens with one attached hydrogen (secondary N) is 1. The maximum Gasteiger partial charge on any atom is 0.0401 e. The van der Waals surface area contributed by atoms with Crippen LogP contribution in [0.15, 0.2) is 79.1 Å². The molecule has 0 aliphatic rings. The van der Waals surface area contributed by atoms with Crippen LogP contribution in [0, 0.1) is 0 Å². The highest BCUT2D eigenvalue weighted by molar-refractivity contribution is 5.65. The number of hydrogen-bond donors (Lipinski definition) is 1. The van der Waals surface area contributed by atoms with Crippen LogP contribution in [0.25, 0.3) is 11.1 Å². The molecule has 0 unspecified atom stereocenters. The van der Waals surface area contributed by atoms with E-state index in [1.165, 1.54) is 16.7 Å². The van der Waals surface area contributed by atoms with Gasteiger partial charge in [0.15, 0.2) is 0 Å². The first-order valence-electron chi connectivity index (χ1n) is 6.70. The van der Waals surface area contributed by atoms with E-state index in [9.17, 15) is 0 Å². The van der Waals surface area contributed by atoms with Gasteiger partial charge in [-0.15, -0.1) is 0 Å². The highest BCUT2D eigenvalue weighted by Gasteiger charge is 1.97. The van der Waals surface area contributed by atoms with Crippen LogP contribution in [0.1, 0.15) is 5.56 Å². The summed E-state index contributed by atoms with van der Waals surface area (Å²) < 4.78 is 0. The topological polar surface area (TPSA) is 24.9 Å². The van der Waals surface area contributed by atoms with Crippen molar-refractivity contribution in [1.82, 2.24) is 4.98 Å². The van der Waals surface area contributed by atoms with Crippen molar-refractivity contribution in [3.05, 3.63) is 84.7 Å². The van der Waals surface area contributed by atoms with Crippen molar-refractivity contribution in [1.29, 1.82) is 0 Å². The standard InChI is InChI=1S/C18H16N2/c1-2-4-16(5-3-1)17-6-8-18(9-7-17)20-14-15-10-12-19-13-11-15/h1-13,20H,14H2. The number of hydrogen-bond acceptors (Lipinski definition) is 2. The van der Waals surface area contributed by atoms with Crippen molar-refractivity contribution in [3.8, 4) is 11.1 Å². The van der Waals surface area contributed by atoms with E-state index in [1.807, 2.05) is 30.6 Å². The lowest BCUT2D eigenvalue weighted by atomic mass is 10.1. The summed E-state index contributed by atoms with van der Waals surface area (Å²) in [5, 5.41) is 3.41. The zero-order valence-electron chi connectivity index (χ0n) is 11.2. The van der Waals surface area contributed by atoms with Gasteiger partial charge in [-0.3, -0.25) is 4.98 Å². The zero-order chi connectivity index (χ0) is 13.6. The van der Waals surface area contributed by atoms with Crippen molar-refractivity contribution < 1.29 is 0 Å². The second kappa shape index (κ2) is 6.02. The average Bonchev–Trinajstić information content (AvgIpc) is 2.55. The van der Waals surface area contributed by atoms with Gasteiger partial charge in [-0.1, -0.05) is 42.5 Å². The smallest absolute Gasteiger partial charge is 0.0401 e. The second-order valence-electron chi connectivity index (χ2n) is 4.65. The molecule has 3 aromatic rings. The summed E-state index contributed by atoms with van der Waals surface area (Å²) in [5.41, 5.74) is 4.84. The van der Waals surface area contributed by atoms with E-state index >= 15 is 0 Å². The van der Waals surface area contributed by atoms with Crippen molar-refractivity contribution in [2.75, 3.05) is 5.32 Å². The van der Waals surface area contributed by atoms with Gasteiger partial charge in [-0.05, 0) is 41.0 Å². The van der Waals surface area contributed by atoms with Crippen molar-refractivity contribution in [3.63, 3.8) is 0 Å². The van der Waals surface area contributed by atoms with E-state index < -0.39 is 0 Å². The fraction of sp³-hybridized carbons (Fsp3) is 0.0556. The Hall–Kier alpha value is -2.61. The number of nitrogens with zero attached hydrogens (tertiary/aromatic N) is 1. The number of benzene rings is 2. The number of rotatable bonds is 4. The first-order chi connectivity index (χ1) is 9.92. The molecule has 1 N–H and O–H groups in total. The van der Waals surface area contributed by atoms with Gasteiger partial charge in [0, 0.05) is 24.6 Å². The Bertz CT molecular complexity index is 646. The molecule has 0 atom stereocenters. The van der Waals surface area contributed by atoms with Crippen LogP contribution in [0.4, 0.5) is 5.69 Å². The number of pyridine rings is 1. The molecule has 0 aliphatic carbocycles. The van der Waals surface area contributed by atoms with Gasteiger partial charge in [0.05, 0.1) is 0 Å². The molecule has 98 valence electrons. The first-order valence-corrected chi connectivity index (χ1v) is 6.70. The van der Waals surface area contributed by atoms with Gasteiger partial charge in [0.2, 0.25) is 0 Å². The van der Waals surface area contributed by atoms with Crippen LogP contribution >= 0.6 is 0 Å². The molecular formula is C18H16N2. The SMILES string of the molecule is c1ccc(-c2ccc(NCc3ccncc3)cc2)cc1. The molecule has 0 bridgehead atoms. The van der Waals surface area contributed by atoms with Crippen LogP contribution in [0.2, 0.25) is 0 Å². The molecule has 0 saturated heterocycles. The van der Waals surface area contributed by atoms with E-state index in [1.54, 1.807) is 0 Å². The summed E-state index contributed by atoms with van der Waals surface area (Å²) in [6, 6.07) is 23.0. The van der Waals surface area contributed by atoms with Crippen molar-refractivity contribution in [2.24, 2.45) is 0 Å². The minimum atomic E-state index is 0.813. The molecule has 2 heteroatoms. The molecule has 20 heavy (non-hydrogen) atoms. The molecule has 0 aliphatic heterocycles. The monoisotopic (exact) mass is 260 g/mol. The molecule has 2 nitrogen and oxygen atoms in total. The largest absolute Gasteiger partial charge is 0.381 e. The van der Waals surface area contributed by atoms with Gasteiger partial charge in [-0.25, -0.2) is 0 Å². The summed E-state index contributed by atoms with van der Waals surface area (Å²) in [4.78, 5) is 4.02. The molecule has 0 radical (unpaired) electrons. The molecule has 3 rings (SSSR count). The van der Waals surface area contributed by atoms with Crippen LogP contribution in [-0.4, -0.2) is 4.98 Å². The summed E-state index contributed by atoms with van der Waals surface area (Å²) in [6.07, 6.45) is 3.63. The van der Waals surface area contributed by atoms with Gasteiger partial charge in [0.1, 0.15) is 0 Å². The third kappa shape index (κ3) is 3.04. The fourth-order valence-electron chi connectivity index (χ4n) is 2.12. The van der Waals surface area contributed by atoms with Crippen LogP contribution in [-0.2, 0) is 6.54 Å². The Morgan fingerprint density at radius 2 is 1.35 bits per heavy atom. The van der Waals surface area contributed by atoms with E-state index in [2.05, 4.69) is 58.8 Å². The molecule has 2 aromatic carbocycles. The quantitative estimate of drug-likeness (QED) is 0.754. The minimum absolute atomic E-state index is 0.813. The van der Waals surface area contributed by atoms with Crippen LogP contribution in [0.3, 0.4) is 0 Å². The summed E-state index contributed by atoms with van der Waals surface area (Å²) in [5.74, 6) is 0. The molecule has 1 heterocycles. The molecule has 0 amide bonds. The lowest BCUT2D eigenvalue weighted by molar-refractivity contribution is 1.13. The maximum atomic E-state index is 4.02. The summed E-state index contributed by atoms with van der Waals surface area (Å²) >= 11 is 0. The zero-order valence-corrected chi connectivity index (χ0v) is 11.2. The maximum absolute atomic E-state index is 4.02. The highest BCUT2D eigenvalue weighted by atomic mass is 14.9. The van der Waals surface area contributed by atoms with Crippen molar-refractivity contribution in [2.45, 2.75) is 6.54 Å². The first kappa shape index (κ1) is 12.4. The normalized spacial score (nSPS) is 10.2. The highest BCUT2D eigenvalue weighted by Crippen LogP contribution is 2.21. The van der Waals surface area contributed by atoms with Gasteiger partial charge in [-0.2, -0.15) is 0 Å². The van der Waals surface area contributed by atoms with E-state index in [4.69, 9.17) is 0 Å².